The summed E-state index contributed by atoms with van der Waals surface area (Å²) in [6.07, 6.45) is 3.29. The van der Waals surface area contributed by atoms with Gasteiger partial charge in [-0.3, -0.25) is 4.79 Å². The van der Waals surface area contributed by atoms with Gasteiger partial charge in [0.25, 0.3) is 0 Å². The molecule has 0 saturated heterocycles. The highest BCUT2D eigenvalue weighted by Crippen LogP contribution is 2.36. The van der Waals surface area contributed by atoms with Gasteiger partial charge in [0.2, 0.25) is 5.91 Å². The Balaban J connectivity index is 1.68. The molecule has 2 aromatic rings. The van der Waals surface area contributed by atoms with Crippen LogP contribution in [-0.2, 0) is 27.2 Å². The van der Waals surface area contributed by atoms with E-state index < -0.39 is 6.09 Å². The number of thiophene rings is 1. The highest BCUT2D eigenvalue weighted by Gasteiger charge is 2.28. The molecule has 0 bridgehead atoms. The van der Waals surface area contributed by atoms with Gasteiger partial charge in [0, 0.05) is 24.6 Å². The number of methoxy groups -OCH3 is 1. The van der Waals surface area contributed by atoms with E-state index in [4.69, 9.17) is 9.47 Å². The molecule has 0 radical (unpaired) electrons. The van der Waals surface area contributed by atoms with E-state index in [0.29, 0.717) is 36.7 Å². The van der Waals surface area contributed by atoms with Gasteiger partial charge in [-0.2, -0.15) is 5.26 Å². The monoisotopic (exact) mass is 411 g/mol. The van der Waals surface area contributed by atoms with Crippen LogP contribution in [-0.4, -0.2) is 43.8 Å². The molecule has 1 aromatic carbocycles. The van der Waals surface area contributed by atoms with E-state index in [1.165, 1.54) is 17.4 Å². The fourth-order valence-corrected chi connectivity index (χ4v) is 4.18. The predicted octanol–water partition coefficient (Wildman–Crippen LogP) is 3.41. The first-order chi connectivity index (χ1) is 14.1. The number of rotatable bonds is 6. The summed E-state index contributed by atoms with van der Waals surface area (Å²) in [7, 11) is 1.54. The lowest BCUT2D eigenvalue weighted by Gasteiger charge is -2.26. The topological polar surface area (TPSA) is 91.7 Å². The molecule has 0 aliphatic carbocycles. The highest BCUT2D eigenvalue weighted by molar-refractivity contribution is 7.16. The molecular weight excluding hydrogens is 390 g/mol. The van der Waals surface area contributed by atoms with E-state index in [9.17, 15) is 14.9 Å². The van der Waals surface area contributed by atoms with Crippen molar-refractivity contribution in [3.05, 3.63) is 58.0 Å². The number of amides is 2. The Kier molecular flexibility index (Phi) is 7.00. The average molecular weight is 411 g/mol. The summed E-state index contributed by atoms with van der Waals surface area (Å²) < 4.78 is 10.0. The Morgan fingerprint density at radius 1 is 1.31 bits per heavy atom. The van der Waals surface area contributed by atoms with Gasteiger partial charge in [-0.15, -0.1) is 11.3 Å². The van der Waals surface area contributed by atoms with Crippen LogP contribution in [0.25, 0.3) is 6.08 Å². The molecule has 0 atom stereocenters. The van der Waals surface area contributed by atoms with Gasteiger partial charge in [0.1, 0.15) is 17.7 Å². The molecule has 1 aliphatic rings. The SMILES string of the molecule is COCCOC(=O)N1CCc2c(sc(NC(=O)C=Cc3ccccc3)c2C#N)C1. The highest BCUT2D eigenvalue weighted by atomic mass is 32.1. The van der Waals surface area contributed by atoms with Crippen LogP contribution in [0.3, 0.4) is 0 Å². The molecule has 29 heavy (non-hydrogen) atoms. The molecule has 7 nitrogen and oxygen atoms in total. The number of carbonyl (C=O) groups is 2. The van der Waals surface area contributed by atoms with Crippen molar-refractivity contribution in [2.45, 2.75) is 13.0 Å². The van der Waals surface area contributed by atoms with Crippen LogP contribution in [0.4, 0.5) is 9.80 Å². The van der Waals surface area contributed by atoms with Crippen LogP contribution < -0.4 is 5.32 Å². The molecule has 2 amide bonds. The molecular formula is C21H21N3O4S. The number of hydrogen-bond donors (Lipinski definition) is 1. The van der Waals surface area contributed by atoms with Crippen molar-refractivity contribution >= 4 is 34.4 Å². The zero-order chi connectivity index (χ0) is 20.6. The Morgan fingerprint density at radius 3 is 2.83 bits per heavy atom. The Bertz CT molecular complexity index is 947. The third kappa shape index (κ3) is 5.22. The van der Waals surface area contributed by atoms with E-state index in [0.717, 1.165) is 16.0 Å². The summed E-state index contributed by atoms with van der Waals surface area (Å²) in [6, 6.07) is 11.7. The summed E-state index contributed by atoms with van der Waals surface area (Å²) >= 11 is 1.32. The van der Waals surface area contributed by atoms with Crippen LogP contribution >= 0.6 is 11.3 Å². The molecule has 150 valence electrons. The Labute approximate surface area is 173 Å². The number of hydrogen-bond acceptors (Lipinski definition) is 6. The minimum Gasteiger partial charge on any atom is -0.447 e. The maximum absolute atomic E-state index is 12.3. The average Bonchev–Trinajstić information content (AvgIpc) is 3.09. The fourth-order valence-electron chi connectivity index (χ4n) is 2.96. The minimum absolute atomic E-state index is 0.196. The summed E-state index contributed by atoms with van der Waals surface area (Å²) in [5.74, 6) is -0.306. The van der Waals surface area contributed by atoms with Crippen LogP contribution in [0.2, 0.25) is 0 Å². The van der Waals surface area contributed by atoms with Crippen LogP contribution in [0.1, 0.15) is 21.6 Å². The first-order valence-electron chi connectivity index (χ1n) is 9.11. The second-order valence-corrected chi connectivity index (χ2v) is 7.44. The van der Waals surface area contributed by atoms with Gasteiger partial charge >= 0.3 is 6.09 Å². The van der Waals surface area contributed by atoms with Gasteiger partial charge in [0.15, 0.2) is 0 Å². The lowest BCUT2D eigenvalue weighted by atomic mass is 10.0. The number of carbonyl (C=O) groups excluding carboxylic acids is 2. The second kappa shape index (κ2) is 9.87. The molecule has 3 rings (SSSR count). The molecule has 8 heteroatoms. The number of nitrogens with one attached hydrogen (secondary N) is 1. The maximum atomic E-state index is 12.3. The van der Waals surface area contributed by atoms with Crippen molar-refractivity contribution in [1.29, 1.82) is 5.26 Å². The smallest absolute Gasteiger partial charge is 0.410 e. The summed E-state index contributed by atoms with van der Waals surface area (Å²) in [6.45, 7) is 1.36. The molecule has 2 heterocycles. The lowest BCUT2D eigenvalue weighted by Crippen LogP contribution is -2.36. The molecule has 0 saturated carbocycles. The lowest BCUT2D eigenvalue weighted by molar-refractivity contribution is -0.111. The number of nitrogens with zero attached hydrogens (tertiary/aromatic N) is 2. The summed E-state index contributed by atoms with van der Waals surface area (Å²) in [4.78, 5) is 26.9. The number of nitriles is 1. The van der Waals surface area contributed by atoms with E-state index in [1.54, 1.807) is 18.1 Å². The first kappa shape index (κ1) is 20.6. The van der Waals surface area contributed by atoms with Crippen molar-refractivity contribution in [1.82, 2.24) is 4.90 Å². The first-order valence-corrected chi connectivity index (χ1v) is 9.93. The van der Waals surface area contributed by atoms with Gasteiger partial charge < -0.3 is 19.7 Å². The maximum Gasteiger partial charge on any atom is 0.410 e. The number of fused-ring (bicyclic) bond motifs is 1. The van der Waals surface area contributed by atoms with Crippen molar-refractivity contribution in [3.63, 3.8) is 0 Å². The second-order valence-electron chi connectivity index (χ2n) is 6.33. The summed E-state index contributed by atoms with van der Waals surface area (Å²) in [5.41, 5.74) is 2.27. The van der Waals surface area contributed by atoms with Gasteiger partial charge in [-0.25, -0.2) is 4.79 Å². The van der Waals surface area contributed by atoms with Crippen molar-refractivity contribution in [2.24, 2.45) is 0 Å². The summed E-state index contributed by atoms with van der Waals surface area (Å²) in [5, 5.41) is 12.9. The van der Waals surface area contributed by atoms with Gasteiger partial charge in [-0.05, 0) is 23.6 Å². The molecule has 0 spiro atoms. The Hall–Kier alpha value is -3.15. The third-order valence-electron chi connectivity index (χ3n) is 4.40. The third-order valence-corrected chi connectivity index (χ3v) is 5.54. The zero-order valence-corrected chi connectivity index (χ0v) is 16.8. The standard InChI is InChI=1S/C21H21N3O4S/c1-27-11-12-28-21(26)24-10-9-16-17(13-22)20(29-18(16)14-24)23-19(25)8-7-15-5-3-2-4-6-15/h2-8H,9-12,14H2,1H3,(H,23,25). The van der Waals surface area contributed by atoms with E-state index >= 15 is 0 Å². The van der Waals surface area contributed by atoms with Gasteiger partial charge in [0.05, 0.1) is 18.7 Å². The van der Waals surface area contributed by atoms with Crippen LogP contribution in [0.15, 0.2) is 36.4 Å². The molecule has 1 N–H and O–H groups in total. The molecule has 1 aromatic heterocycles. The zero-order valence-electron chi connectivity index (χ0n) is 16.0. The van der Waals surface area contributed by atoms with Crippen LogP contribution in [0, 0.1) is 11.3 Å². The number of anilines is 1. The molecule has 0 unspecified atom stereocenters. The van der Waals surface area contributed by atoms with E-state index in [1.807, 2.05) is 30.3 Å². The van der Waals surface area contributed by atoms with Crippen molar-refractivity contribution in [3.8, 4) is 6.07 Å². The Morgan fingerprint density at radius 2 is 2.10 bits per heavy atom. The molecule has 0 fully saturated rings. The van der Waals surface area contributed by atoms with Crippen molar-refractivity contribution < 1.29 is 19.1 Å². The normalized spacial score (nSPS) is 13.0. The number of ether oxygens (including phenoxy) is 2. The van der Waals surface area contributed by atoms with E-state index in [2.05, 4.69) is 11.4 Å². The van der Waals surface area contributed by atoms with E-state index in [-0.39, 0.29) is 12.5 Å². The quantitative estimate of drug-likeness (QED) is 0.581. The number of benzene rings is 1. The predicted molar refractivity (Wildman–Crippen MR) is 110 cm³/mol. The fraction of sp³-hybridized carbons (Fsp3) is 0.286. The largest absolute Gasteiger partial charge is 0.447 e. The van der Waals surface area contributed by atoms with Crippen LogP contribution in [0.5, 0.6) is 0 Å². The molecule has 1 aliphatic heterocycles. The van der Waals surface area contributed by atoms with Crippen molar-refractivity contribution in [2.75, 3.05) is 32.2 Å². The minimum atomic E-state index is -0.406. The van der Waals surface area contributed by atoms with Gasteiger partial charge in [-0.1, -0.05) is 30.3 Å².